The van der Waals surface area contributed by atoms with Crippen molar-refractivity contribution in [3.05, 3.63) is 24.3 Å². The standard InChI is InChI=1S/C22H35N3O3/c1-3-4-14-26-19-10-12-20(13-11-19)27-16-22(15-18-8-6-5-7-9-18)24-21(23)25(2)17-28-22/h10-13,18H,3-9,14-17H2,1-2H3,(H2,23,24). The molecule has 1 saturated carbocycles. The summed E-state index contributed by atoms with van der Waals surface area (Å²) in [5, 5.41) is 0. The van der Waals surface area contributed by atoms with Crippen LogP contribution in [0.2, 0.25) is 0 Å². The van der Waals surface area contributed by atoms with E-state index < -0.39 is 5.72 Å². The highest BCUT2D eigenvalue weighted by atomic mass is 16.6. The monoisotopic (exact) mass is 389 g/mol. The number of ether oxygens (including phenoxy) is 3. The number of hydrogen-bond donors (Lipinski definition) is 1. The topological polar surface area (TPSA) is 69.3 Å². The van der Waals surface area contributed by atoms with Gasteiger partial charge in [-0.05, 0) is 36.6 Å². The molecular weight excluding hydrogens is 354 g/mol. The summed E-state index contributed by atoms with van der Waals surface area (Å²) < 4.78 is 18.0. The van der Waals surface area contributed by atoms with Crippen molar-refractivity contribution in [3.8, 4) is 11.5 Å². The van der Waals surface area contributed by atoms with Crippen LogP contribution in [0.4, 0.5) is 0 Å². The van der Waals surface area contributed by atoms with Gasteiger partial charge in [-0.15, -0.1) is 0 Å². The first-order valence-electron chi connectivity index (χ1n) is 10.7. The average molecular weight is 390 g/mol. The zero-order valence-corrected chi connectivity index (χ0v) is 17.4. The van der Waals surface area contributed by atoms with Gasteiger partial charge in [0.05, 0.1) is 6.61 Å². The van der Waals surface area contributed by atoms with E-state index in [2.05, 4.69) is 6.92 Å². The molecule has 1 aliphatic carbocycles. The van der Waals surface area contributed by atoms with E-state index in [1.165, 1.54) is 32.1 Å². The molecule has 1 aromatic carbocycles. The third kappa shape index (κ3) is 5.77. The molecule has 2 aliphatic rings. The Hall–Kier alpha value is -1.95. The van der Waals surface area contributed by atoms with Gasteiger partial charge in [0.25, 0.3) is 0 Å². The molecule has 0 radical (unpaired) electrons. The Labute approximate surface area is 169 Å². The Bertz CT molecular complexity index is 628. The lowest BCUT2D eigenvalue weighted by Crippen LogP contribution is -2.51. The number of nitrogens with two attached hydrogens (primary N) is 1. The van der Waals surface area contributed by atoms with Crippen LogP contribution in [0.15, 0.2) is 29.3 Å². The highest BCUT2D eigenvalue weighted by Crippen LogP contribution is 2.35. The molecule has 156 valence electrons. The minimum Gasteiger partial charge on any atom is -0.494 e. The van der Waals surface area contributed by atoms with E-state index in [1.54, 1.807) is 0 Å². The second-order valence-corrected chi connectivity index (χ2v) is 8.06. The molecule has 3 rings (SSSR count). The van der Waals surface area contributed by atoms with Crippen LogP contribution in [-0.2, 0) is 4.74 Å². The third-order valence-corrected chi connectivity index (χ3v) is 5.62. The van der Waals surface area contributed by atoms with E-state index in [4.69, 9.17) is 24.9 Å². The highest BCUT2D eigenvalue weighted by molar-refractivity contribution is 5.78. The molecule has 6 nitrogen and oxygen atoms in total. The summed E-state index contributed by atoms with van der Waals surface area (Å²) in [6.45, 7) is 3.71. The maximum Gasteiger partial charge on any atom is 0.198 e. The minimum atomic E-state index is -0.700. The Balaban J connectivity index is 1.63. The quantitative estimate of drug-likeness (QED) is 0.643. The normalized spacial score (nSPS) is 23.4. The molecule has 0 bridgehead atoms. The van der Waals surface area contributed by atoms with Crippen molar-refractivity contribution in [2.24, 2.45) is 16.6 Å². The van der Waals surface area contributed by atoms with Gasteiger partial charge in [-0.25, -0.2) is 4.99 Å². The van der Waals surface area contributed by atoms with Crippen molar-refractivity contribution in [1.82, 2.24) is 4.90 Å². The van der Waals surface area contributed by atoms with Crippen LogP contribution in [0.1, 0.15) is 58.3 Å². The second kappa shape index (κ2) is 10.0. The van der Waals surface area contributed by atoms with E-state index in [9.17, 15) is 0 Å². The molecule has 1 unspecified atom stereocenters. The first-order valence-corrected chi connectivity index (χ1v) is 10.7. The first kappa shape index (κ1) is 20.8. The molecule has 2 N–H and O–H groups in total. The summed E-state index contributed by atoms with van der Waals surface area (Å²) in [5.74, 6) is 2.80. The summed E-state index contributed by atoms with van der Waals surface area (Å²) in [4.78, 5) is 6.54. The predicted molar refractivity (Wildman–Crippen MR) is 112 cm³/mol. The second-order valence-electron chi connectivity index (χ2n) is 8.06. The molecule has 0 aromatic heterocycles. The summed E-state index contributed by atoms with van der Waals surface area (Å²) in [7, 11) is 1.89. The number of nitrogens with zero attached hydrogens (tertiary/aromatic N) is 2. The SMILES string of the molecule is CCCCOc1ccc(OCC2(CC3CCCCC3)N=C(N)N(C)CO2)cc1. The molecular formula is C22H35N3O3. The van der Waals surface area contributed by atoms with E-state index in [0.717, 1.165) is 37.4 Å². The number of unbranched alkanes of at least 4 members (excludes halogenated alkanes) is 1. The average Bonchev–Trinajstić information content (AvgIpc) is 2.71. The molecule has 1 aliphatic heterocycles. The van der Waals surface area contributed by atoms with Gasteiger partial charge < -0.3 is 24.8 Å². The maximum absolute atomic E-state index is 6.17. The third-order valence-electron chi connectivity index (χ3n) is 5.62. The smallest absolute Gasteiger partial charge is 0.198 e. The fourth-order valence-electron chi connectivity index (χ4n) is 3.85. The summed E-state index contributed by atoms with van der Waals surface area (Å²) >= 11 is 0. The number of aliphatic imine (C=N–C) groups is 1. The van der Waals surface area contributed by atoms with Gasteiger partial charge in [-0.1, -0.05) is 45.4 Å². The molecule has 0 saturated heterocycles. The lowest BCUT2D eigenvalue weighted by atomic mass is 9.83. The Morgan fingerprint density at radius 3 is 2.46 bits per heavy atom. The molecule has 0 spiro atoms. The minimum absolute atomic E-state index is 0.369. The molecule has 1 aromatic rings. The van der Waals surface area contributed by atoms with Crippen LogP contribution in [-0.4, -0.2) is 43.6 Å². The van der Waals surface area contributed by atoms with Crippen LogP contribution >= 0.6 is 0 Å². The van der Waals surface area contributed by atoms with Crippen molar-refractivity contribution in [1.29, 1.82) is 0 Å². The molecule has 0 amide bonds. The van der Waals surface area contributed by atoms with Gasteiger partial charge in [0.1, 0.15) is 24.8 Å². The van der Waals surface area contributed by atoms with Crippen LogP contribution in [0.25, 0.3) is 0 Å². The van der Waals surface area contributed by atoms with Crippen LogP contribution < -0.4 is 15.2 Å². The van der Waals surface area contributed by atoms with E-state index in [0.29, 0.717) is 25.2 Å². The number of guanidine groups is 1. The van der Waals surface area contributed by atoms with Crippen molar-refractivity contribution in [2.45, 2.75) is 64.0 Å². The highest BCUT2D eigenvalue weighted by Gasteiger charge is 2.39. The largest absolute Gasteiger partial charge is 0.494 e. The van der Waals surface area contributed by atoms with Gasteiger partial charge in [0.2, 0.25) is 0 Å². The van der Waals surface area contributed by atoms with Crippen molar-refractivity contribution < 1.29 is 14.2 Å². The maximum atomic E-state index is 6.17. The Morgan fingerprint density at radius 2 is 1.82 bits per heavy atom. The van der Waals surface area contributed by atoms with E-state index in [1.807, 2.05) is 36.2 Å². The summed E-state index contributed by atoms with van der Waals surface area (Å²) in [6.07, 6.45) is 9.44. The molecule has 1 fully saturated rings. The number of benzene rings is 1. The van der Waals surface area contributed by atoms with Gasteiger partial charge in [0.15, 0.2) is 11.7 Å². The van der Waals surface area contributed by atoms with E-state index in [-0.39, 0.29) is 0 Å². The van der Waals surface area contributed by atoms with E-state index >= 15 is 0 Å². The fraction of sp³-hybridized carbons (Fsp3) is 0.682. The van der Waals surface area contributed by atoms with Gasteiger partial charge >= 0.3 is 0 Å². The first-order chi connectivity index (χ1) is 13.6. The number of rotatable bonds is 9. The van der Waals surface area contributed by atoms with Crippen molar-refractivity contribution >= 4 is 5.96 Å². The van der Waals surface area contributed by atoms with Crippen LogP contribution in [0, 0.1) is 5.92 Å². The van der Waals surface area contributed by atoms with Crippen LogP contribution in [0.5, 0.6) is 11.5 Å². The molecule has 6 heteroatoms. The summed E-state index contributed by atoms with van der Waals surface area (Å²) in [5.41, 5.74) is 5.43. The zero-order valence-electron chi connectivity index (χ0n) is 17.4. The van der Waals surface area contributed by atoms with Gasteiger partial charge in [0, 0.05) is 13.5 Å². The lowest BCUT2D eigenvalue weighted by molar-refractivity contribution is -0.118. The lowest BCUT2D eigenvalue weighted by Gasteiger charge is -2.39. The number of hydrogen-bond acceptors (Lipinski definition) is 6. The van der Waals surface area contributed by atoms with Crippen LogP contribution in [0.3, 0.4) is 0 Å². The van der Waals surface area contributed by atoms with Gasteiger partial charge in [-0.2, -0.15) is 0 Å². The van der Waals surface area contributed by atoms with Gasteiger partial charge in [-0.3, -0.25) is 0 Å². The van der Waals surface area contributed by atoms with Crippen molar-refractivity contribution in [3.63, 3.8) is 0 Å². The Kier molecular flexibility index (Phi) is 7.43. The molecule has 1 heterocycles. The zero-order chi connectivity index (χ0) is 19.8. The predicted octanol–water partition coefficient (Wildman–Crippen LogP) is 4.15. The van der Waals surface area contributed by atoms with Crippen molar-refractivity contribution in [2.75, 3.05) is 27.0 Å². The Morgan fingerprint density at radius 1 is 1.14 bits per heavy atom. The fourth-order valence-corrected chi connectivity index (χ4v) is 3.85. The molecule has 28 heavy (non-hydrogen) atoms. The summed E-state index contributed by atoms with van der Waals surface area (Å²) in [6, 6.07) is 7.78. The molecule has 1 atom stereocenters.